The van der Waals surface area contributed by atoms with E-state index in [1.54, 1.807) is 33.8 Å². The first-order valence-electron chi connectivity index (χ1n) is 22.9. The second-order valence-corrected chi connectivity index (χ2v) is 23.1. The van der Waals surface area contributed by atoms with Crippen LogP contribution in [0.1, 0.15) is 129 Å². The number of hydrogen-bond donors (Lipinski definition) is 1. The van der Waals surface area contributed by atoms with Gasteiger partial charge in [-0.25, -0.2) is 17.8 Å². The first-order chi connectivity index (χ1) is 30.8. The lowest BCUT2D eigenvalue weighted by Crippen LogP contribution is -2.47. The Morgan fingerprint density at radius 3 is 2.55 bits per heavy atom. The number of amides is 2. The number of allylic oxidation sites excluding steroid dienone is 2. The smallest absolute Gasteiger partial charge is 0.307 e. The van der Waals surface area contributed by atoms with E-state index in [0.29, 0.717) is 50.1 Å². The van der Waals surface area contributed by atoms with Gasteiger partial charge >= 0.3 is 5.97 Å². The maximum absolute atomic E-state index is 14.9. The van der Waals surface area contributed by atoms with Crippen molar-refractivity contribution in [3.8, 4) is 16.6 Å². The zero-order valence-corrected chi connectivity index (χ0v) is 39.7. The van der Waals surface area contributed by atoms with Crippen molar-refractivity contribution in [3.63, 3.8) is 0 Å². The summed E-state index contributed by atoms with van der Waals surface area (Å²) in [5, 5.41) is 2.70. The highest BCUT2D eigenvalue weighted by Crippen LogP contribution is 2.58. The summed E-state index contributed by atoms with van der Waals surface area (Å²) in [5.74, 6) is -3.32. The first-order valence-corrected chi connectivity index (χ1v) is 25.3. The predicted octanol–water partition coefficient (Wildman–Crippen LogP) is 8.65. The minimum Gasteiger partial charge on any atom is -0.460 e. The van der Waals surface area contributed by atoms with Crippen molar-refractivity contribution in [1.29, 1.82) is 0 Å². The number of halogens is 1. The number of ether oxygens (including phenoxy) is 2. The van der Waals surface area contributed by atoms with Crippen molar-refractivity contribution >= 4 is 56.0 Å². The lowest BCUT2D eigenvalue weighted by atomic mass is 9.90. The summed E-state index contributed by atoms with van der Waals surface area (Å²) < 4.78 is 56.4. The van der Waals surface area contributed by atoms with Gasteiger partial charge in [0, 0.05) is 42.2 Å². The van der Waals surface area contributed by atoms with Gasteiger partial charge in [0.2, 0.25) is 21.8 Å². The number of rotatable bonds is 11. The Hall–Kier alpha value is -4.96. The molecular weight excluding hydrogens is 870 g/mol. The second-order valence-electron chi connectivity index (χ2n) is 20.0. The third kappa shape index (κ3) is 10.1. The van der Waals surface area contributed by atoms with Crippen LogP contribution in [0.15, 0.2) is 60.0 Å². The van der Waals surface area contributed by atoms with E-state index in [1.807, 2.05) is 60.2 Å². The molecule has 0 bridgehead atoms. The monoisotopic (exact) mass is 929 g/mol. The van der Waals surface area contributed by atoms with Crippen molar-refractivity contribution < 1.29 is 41.5 Å². The number of Topliss-reactive ketones (excluding diaryl/α,β-unsaturated/α-hetero) is 1. The molecule has 13 nitrogen and oxygen atoms in total. The van der Waals surface area contributed by atoms with Crippen LogP contribution in [0.5, 0.6) is 6.01 Å². The Balaban J connectivity index is 1.11. The van der Waals surface area contributed by atoms with Gasteiger partial charge < -0.3 is 14.4 Å². The number of nitrogens with one attached hydrogen (secondary N) is 1. The molecule has 2 amide bonds. The molecule has 65 heavy (non-hydrogen) atoms. The minimum absolute atomic E-state index is 0.0272. The molecule has 16 heteroatoms. The Bertz CT molecular complexity index is 2630. The van der Waals surface area contributed by atoms with Crippen molar-refractivity contribution in [2.24, 2.45) is 17.3 Å². The largest absolute Gasteiger partial charge is 0.460 e. The summed E-state index contributed by atoms with van der Waals surface area (Å²) in [6, 6.07) is 11.5. The summed E-state index contributed by atoms with van der Waals surface area (Å²) in [4.78, 5) is 68.6. The molecule has 0 radical (unpaired) electrons. The molecule has 3 fully saturated rings. The van der Waals surface area contributed by atoms with E-state index in [4.69, 9.17) is 19.4 Å². The Morgan fingerprint density at radius 2 is 1.83 bits per heavy atom. The number of hydrogen-bond acceptors (Lipinski definition) is 11. The molecule has 348 valence electrons. The number of nitrogens with zero attached hydrogens (tertiary/aromatic N) is 4. The molecule has 2 aliphatic heterocycles. The quantitative estimate of drug-likeness (QED) is 0.114. The summed E-state index contributed by atoms with van der Waals surface area (Å²) in [6.07, 6.45) is 8.04. The number of imidazole rings is 1. The molecule has 0 spiro atoms. The summed E-state index contributed by atoms with van der Waals surface area (Å²) >= 11 is 1.47. The van der Waals surface area contributed by atoms with Gasteiger partial charge in [0.1, 0.15) is 28.0 Å². The lowest BCUT2D eigenvalue weighted by molar-refractivity contribution is -0.159. The highest BCUT2D eigenvalue weighted by atomic mass is 32.2. The Kier molecular flexibility index (Phi) is 12.9. The fraction of sp³-hybridized carbons (Fsp3) is 0.551. The zero-order valence-electron chi connectivity index (χ0n) is 38.1. The number of carbonyl (C=O) groups is 4. The van der Waals surface area contributed by atoms with Gasteiger partial charge in [0.05, 0.1) is 40.4 Å². The van der Waals surface area contributed by atoms with E-state index in [1.165, 1.54) is 28.4 Å². The molecule has 2 aliphatic carbocycles. The van der Waals surface area contributed by atoms with Crippen LogP contribution in [0.25, 0.3) is 21.6 Å². The average molecular weight is 930 g/mol. The minimum atomic E-state index is -3.98. The zero-order chi connectivity index (χ0) is 46.5. The van der Waals surface area contributed by atoms with Gasteiger partial charge in [-0.1, -0.05) is 43.2 Å². The molecule has 4 aromatic rings. The van der Waals surface area contributed by atoms with Crippen molar-refractivity contribution in [3.05, 3.63) is 77.1 Å². The fourth-order valence-corrected chi connectivity index (χ4v) is 11.6. The van der Waals surface area contributed by atoms with Crippen molar-refractivity contribution in [1.82, 2.24) is 24.2 Å². The third-order valence-electron chi connectivity index (χ3n) is 13.3. The summed E-state index contributed by atoms with van der Waals surface area (Å²) in [5.41, 5.74) is 1.83. The number of thiazole rings is 1. The van der Waals surface area contributed by atoms with E-state index in [2.05, 4.69) is 4.72 Å². The van der Waals surface area contributed by atoms with Gasteiger partial charge in [-0.15, -0.1) is 11.3 Å². The highest BCUT2D eigenvalue weighted by Gasteiger charge is 2.62. The Labute approximate surface area is 384 Å². The van der Waals surface area contributed by atoms with E-state index in [0.717, 1.165) is 46.6 Å². The van der Waals surface area contributed by atoms with E-state index >= 15 is 0 Å². The molecule has 0 unspecified atom stereocenters. The van der Waals surface area contributed by atoms with Crippen LogP contribution < -0.4 is 9.46 Å². The maximum atomic E-state index is 14.9. The molecule has 8 rings (SSSR count). The number of sulfonamides is 1. The van der Waals surface area contributed by atoms with E-state index in [-0.39, 0.29) is 55.3 Å². The van der Waals surface area contributed by atoms with Crippen LogP contribution in [0.2, 0.25) is 0 Å². The maximum Gasteiger partial charge on any atom is 0.307 e. The number of carbonyl (C=O) groups excluding carboxylic acids is 4. The molecule has 2 aromatic carbocycles. The number of esters is 1. The van der Waals surface area contributed by atoms with Crippen LogP contribution in [-0.2, 0) is 40.4 Å². The molecular formula is C49H60FN5O8S2. The molecule has 5 atom stereocenters. The molecule has 4 aliphatic rings. The molecule has 1 saturated heterocycles. The predicted molar refractivity (Wildman–Crippen MR) is 246 cm³/mol. The van der Waals surface area contributed by atoms with Crippen LogP contribution in [-0.4, -0.2) is 80.5 Å². The van der Waals surface area contributed by atoms with E-state index in [9.17, 15) is 32.0 Å². The highest BCUT2D eigenvalue weighted by molar-refractivity contribution is 7.91. The Morgan fingerprint density at radius 1 is 1.06 bits per heavy atom. The topological polar surface area (TPSA) is 167 Å². The fourth-order valence-electron chi connectivity index (χ4n) is 9.37. The standard InChI is InChI=1S/C49H60FN5O8S2/c1-30(2)55-38-19-13-18-37(43-51-35(29-64-43)23-31-14-12-17-34(50)22-31)42(38)52-46(55)62-36-25-39-40(56)27-49(45(59)53-65(60,61)48(6)20-21-48)26-33(49)16-11-9-7-8-10-15-32(44(58)54(39)28-36)24-41(57)63-47(3,4)5/h11-14,16-19,22,29-30,32-33,36,39H,7-10,15,20-21,23-28H2,1-6H3,(H,53,59)/b16-11-/t32-,33+,36-,39+,49-/m1/s1. The van der Waals surface area contributed by atoms with Gasteiger partial charge in [-0.05, 0) is 116 Å². The van der Waals surface area contributed by atoms with Crippen LogP contribution in [0.3, 0.4) is 0 Å². The van der Waals surface area contributed by atoms with Gasteiger partial charge in [-0.2, -0.15) is 4.98 Å². The van der Waals surface area contributed by atoms with Gasteiger partial charge in [0.15, 0.2) is 5.78 Å². The van der Waals surface area contributed by atoms with Crippen molar-refractivity contribution in [2.45, 2.75) is 147 Å². The third-order valence-corrected chi connectivity index (χ3v) is 16.4. The normalized spacial score (nSPS) is 25.3. The van der Waals surface area contributed by atoms with Crippen LogP contribution >= 0.6 is 11.3 Å². The molecule has 2 aromatic heterocycles. The number of fused-ring (bicyclic) bond motifs is 3. The lowest BCUT2D eigenvalue weighted by Gasteiger charge is -2.29. The van der Waals surface area contributed by atoms with E-state index < -0.39 is 55.7 Å². The molecule has 2 saturated carbocycles. The van der Waals surface area contributed by atoms with Crippen LogP contribution in [0, 0.1) is 23.1 Å². The number of para-hydroxylation sites is 1. The van der Waals surface area contributed by atoms with Crippen LogP contribution in [0.4, 0.5) is 4.39 Å². The SMILES string of the molecule is CC(C)n1c(O[C@@H]2C[C@H]3C(=O)C[C@]4(C(=O)NS(=O)(=O)C5(C)CC5)C[C@@H]4/C=C\CCCCC[C@H](CC(=O)OC(C)(C)C)C(=O)N3C2)nc2c(-c3nc(Cc4cccc(F)c4)cs3)cccc21. The number of benzene rings is 2. The van der Waals surface area contributed by atoms with Gasteiger partial charge in [-0.3, -0.25) is 28.5 Å². The summed E-state index contributed by atoms with van der Waals surface area (Å²) in [6.45, 7) is 11.0. The number of aromatic nitrogens is 3. The van der Waals surface area contributed by atoms with Gasteiger partial charge in [0.25, 0.3) is 6.01 Å². The first kappa shape index (κ1) is 46.6. The second kappa shape index (κ2) is 18.0. The van der Waals surface area contributed by atoms with Crippen molar-refractivity contribution in [2.75, 3.05) is 6.54 Å². The molecule has 1 N–H and O–H groups in total. The average Bonchev–Trinajstić information content (AvgIpc) is 3.92. The molecule has 4 heterocycles. The summed E-state index contributed by atoms with van der Waals surface area (Å²) in [7, 11) is -3.98. The number of ketones is 1.